The number of hydrogen-bond donors (Lipinski definition) is 1. The van der Waals surface area contributed by atoms with E-state index in [2.05, 4.69) is 17.6 Å². The minimum atomic E-state index is 0.629. The second kappa shape index (κ2) is 2.88. The Balaban J connectivity index is 2.86. The average molecular weight is 195 g/mol. The molecule has 1 aromatic heterocycles. The minimum Gasteiger partial charge on any atom is -0.298 e. The number of para-hydroxylation sites is 1. The number of rotatable bonds is 1. The standard InChI is InChI=1S/C8H5NOS2/c10-4-5-2-1-3-6-7(5)9-8(11)12-6/h1-4H,(H,9,11). The highest BCUT2D eigenvalue weighted by Crippen LogP contribution is 2.25. The Kier molecular flexibility index (Phi) is 1.86. The first-order valence-electron chi connectivity index (χ1n) is 3.35. The van der Waals surface area contributed by atoms with E-state index in [1.807, 2.05) is 12.1 Å². The number of fused-ring (bicyclic) bond motifs is 1. The molecule has 0 spiro atoms. The predicted octanol–water partition coefficient (Wildman–Crippen LogP) is 2.40. The van der Waals surface area contributed by atoms with E-state index in [-0.39, 0.29) is 0 Å². The van der Waals surface area contributed by atoms with Crippen LogP contribution in [-0.2, 0) is 0 Å². The molecule has 0 bridgehead atoms. The molecule has 0 aliphatic rings. The Morgan fingerprint density at radius 3 is 3.08 bits per heavy atom. The van der Waals surface area contributed by atoms with E-state index >= 15 is 0 Å². The lowest BCUT2D eigenvalue weighted by atomic mass is 10.2. The van der Waals surface area contributed by atoms with Gasteiger partial charge in [0.2, 0.25) is 0 Å². The molecule has 2 nitrogen and oxygen atoms in total. The predicted molar refractivity (Wildman–Crippen MR) is 52.3 cm³/mol. The van der Waals surface area contributed by atoms with E-state index in [1.165, 1.54) is 11.3 Å². The molecule has 0 aliphatic carbocycles. The number of aromatic nitrogens is 1. The van der Waals surface area contributed by atoms with Crippen LogP contribution < -0.4 is 0 Å². The Labute approximate surface area is 78.7 Å². The van der Waals surface area contributed by atoms with E-state index < -0.39 is 0 Å². The number of aldehydes is 1. The highest BCUT2D eigenvalue weighted by Gasteiger charge is 2.03. The van der Waals surface area contributed by atoms with Gasteiger partial charge in [0.25, 0.3) is 0 Å². The van der Waals surface area contributed by atoms with E-state index in [1.54, 1.807) is 6.07 Å². The first kappa shape index (κ1) is 7.76. The van der Waals surface area contributed by atoms with Gasteiger partial charge in [-0.15, -0.1) is 24.0 Å². The van der Waals surface area contributed by atoms with Gasteiger partial charge in [-0.05, 0) is 12.1 Å². The van der Waals surface area contributed by atoms with Crippen LogP contribution in [-0.4, -0.2) is 11.3 Å². The quantitative estimate of drug-likeness (QED) is 0.559. The number of benzene rings is 1. The van der Waals surface area contributed by atoms with Crippen LogP contribution >= 0.6 is 24.0 Å². The molecule has 0 saturated heterocycles. The lowest BCUT2D eigenvalue weighted by molar-refractivity contribution is 0.112. The van der Waals surface area contributed by atoms with Gasteiger partial charge in [0.1, 0.15) is 4.34 Å². The van der Waals surface area contributed by atoms with Gasteiger partial charge in [0.05, 0.1) is 10.2 Å². The number of carbonyl (C=O) groups excluding carboxylic acids is 1. The lowest BCUT2D eigenvalue weighted by Gasteiger charge is -1.89. The van der Waals surface area contributed by atoms with Crippen LogP contribution in [0.25, 0.3) is 10.2 Å². The molecule has 0 fully saturated rings. The number of carbonyl (C=O) groups is 1. The van der Waals surface area contributed by atoms with Crippen molar-refractivity contribution in [2.24, 2.45) is 0 Å². The van der Waals surface area contributed by atoms with Crippen LogP contribution in [0.5, 0.6) is 0 Å². The van der Waals surface area contributed by atoms with E-state index in [4.69, 9.17) is 0 Å². The summed E-state index contributed by atoms with van der Waals surface area (Å²) in [5, 5.41) is 0. The molecule has 1 heterocycles. The zero-order chi connectivity index (χ0) is 8.55. The van der Waals surface area contributed by atoms with Crippen LogP contribution in [0.4, 0.5) is 0 Å². The molecule has 0 saturated carbocycles. The van der Waals surface area contributed by atoms with E-state index in [0.29, 0.717) is 9.90 Å². The third kappa shape index (κ3) is 1.13. The monoisotopic (exact) mass is 195 g/mol. The topological polar surface area (TPSA) is 30.0 Å². The van der Waals surface area contributed by atoms with Crippen molar-refractivity contribution >= 4 is 40.5 Å². The second-order valence-electron chi connectivity index (χ2n) is 2.31. The Hall–Kier alpha value is -0.870. The molecule has 0 unspecified atom stereocenters. The Morgan fingerprint density at radius 2 is 2.33 bits per heavy atom. The smallest absolute Gasteiger partial charge is 0.152 e. The summed E-state index contributed by atoms with van der Waals surface area (Å²) in [5.74, 6) is 0. The Morgan fingerprint density at radius 1 is 1.50 bits per heavy atom. The van der Waals surface area contributed by atoms with Crippen LogP contribution in [0.3, 0.4) is 0 Å². The van der Waals surface area contributed by atoms with Gasteiger partial charge in [0, 0.05) is 5.56 Å². The molecule has 1 aromatic carbocycles. The fraction of sp³-hybridized carbons (Fsp3) is 0. The summed E-state index contributed by atoms with van der Waals surface area (Å²) in [6.07, 6.45) is 0.815. The van der Waals surface area contributed by atoms with Gasteiger partial charge in [-0.2, -0.15) is 0 Å². The summed E-state index contributed by atoms with van der Waals surface area (Å²) in [5.41, 5.74) is 1.38. The molecule has 0 aliphatic heterocycles. The fourth-order valence-electron chi connectivity index (χ4n) is 1.05. The molecular formula is C8H5NOS2. The zero-order valence-electron chi connectivity index (χ0n) is 6.02. The molecule has 2 rings (SSSR count). The zero-order valence-corrected chi connectivity index (χ0v) is 7.73. The van der Waals surface area contributed by atoms with Crippen LogP contribution in [0, 0.1) is 0 Å². The summed E-state index contributed by atoms with van der Waals surface area (Å²) < 4.78 is 1.70. The van der Waals surface area contributed by atoms with Gasteiger partial charge in [-0.1, -0.05) is 6.07 Å². The third-order valence-corrected chi connectivity index (χ3v) is 2.76. The maximum atomic E-state index is 10.6. The number of thiazole rings is 1. The molecule has 4 heteroatoms. The van der Waals surface area contributed by atoms with Crippen molar-refractivity contribution in [1.29, 1.82) is 0 Å². The third-order valence-electron chi connectivity index (χ3n) is 1.57. The SMILES string of the molecule is O=Cc1cccc2sc(S)nc12. The molecular weight excluding hydrogens is 190 g/mol. The van der Waals surface area contributed by atoms with Crippen molar-refractivity contribution in [3.8, 4) is 0 Å². The first-order valence-corrected chi connectivity index (χ1v) is 4.61. The summed E-state index contributed by atoms with van der Waals surface area (Å²) in [6, 6.07) is 5.53. The molecule has 60 valence electrons. The number of nitrogens with zero attached hydrogens (tertiary/aromatic N) is 1. The number of hydrogen-bond acceptors (Lipinski definition) is 4. The maximum absolute atomic E-state index is 10.6. The Bertz CT molecular complexity index is 436. The van der Waals surface area contributed by atoms with E-state index in [9.17, 15) is 4.79 Å². The normalized spacial score (nSPS) is 10.4. The van der Waals surface area contributed by atoms with Crippen molar-refractivity contribution in [3.63, 3.8) is 0 Å². The summed E-state index contributed by atoms with van der Waals surface area (Å²) >= 11 is 5.60. The molecule has 0 radical (unpaired) electrons. The van der Waals surface area contributed by atoms with Crippen LogP contribution in [0.15, 0.2) is 22.5 Å². The molecule has 2 aromatic rings. The lowest BCUT2D eigenvalue weighted by Crippen LogP contribution is -1.80. The largest absolute Gasteiger partial charge is 0.298 e. The fourth-order valence-corrected chi connectivity index (χ4v) is 2.19. The second-order valence-corrected chi connectivity index (χ2v) is 4.07. The van der Waals surface area contributed by atoms with Gasteiger partial charge < -0.3 is 0 Å². The molecule has 0 amide bonds. The summed E-state index contributed by atoms with van der Waals surface area (Å²) in [6.45, 7) is 0. The van der Waals surface area contributed by atoms with Crippen molar-refractivity contribution < 1.29 is 4.79 Å². The van der Waals surface area contributed by atoms with Crippen molar-refractivity contribution in [2.75, 3.05) is 0 Å². The van der Waals surface area contributed by atoms with Gasteiger partial charge in [-0.3, -0.25) is 4.79 Å². The van der Waals surface area contributed by atoms with Crippen molar-refractivity contribution in [1.82, 2.24) is 4.98 Å². The van der Waals surface area contributed by atoms with Gasteiger partial charge in [-0.25, -0.2) is 4.98 Å². The molecule has 0 N–H and O–H groups in total. The summed E-state index contributed by atoms with van der Waals surface area (Å²) in [7, 11) is 0. The first-order chi connectivity index (χ1) is 5.81. The average Bonchev–Trinajstić information content (AvgIpc) is 2.44. The maximum Gasteiger partial charge on any atom is 0.152 e. The highest BCUT2D eigenvalue weighted by molar-refractivity contribution is 7.82. The van der Waals surface area contributed by atoms with Crippen molar-refractivity contribution in [2.45, 2.75) is 4.34 Å². The molecule has 12 heavy (non-hydrogen) atoms. The number of thiol groups is 1. The minimum absolute atomic E-state index is 0.629. The van der Waals surface area contributed by atoms with Gasteiger partial charge in [0.15, 0.2) is 6.29 Å². The van der Waals surface area contributed by atoms with Crippen LogP contribution in [0.1, 0.15) is 10.4 Å². The summed E-state index contributed by atoms with van der Waals surface area (Å²) in [4.78, 5) is 14.7. The highest BCUT2D eigenvalue weighted by atomic mass is 32.2. The van der Waals surface area contributed by atoms with Gasteiger partial charge >= 0.3 is 0 Å². The van der Waals surface area contributed by atoms with Crippen LogP contribution in [0.2, 0.25) is 0 Å². The van der Waals surface area contributed by atoms with Crippen molar-refractivity contribution in [3.05, 3.63) is 23.8 Å². The molecule has 0 atom stereocenters. The van der Waals surface area contributed by atoms with E-state index in [0.717, 1.165) is 16.5 Å².